The van der Waals surface area contributed by atoms with Gasteiger partial charge in [-0.1, -0.05) is 59.8 Å². The van der Waals surface area contributed by atoms with E-state index in [0.717, 1.165) is 5.56 Å². The number of aliphatic hydroxyl groups excluding tert-OH is 1. The van der Waals surface area contributed by atoms with Gasteiger partial charge in [-0.2, -0.15) is 0 Å². The number of hydrogen-bond donors (Lipinski definition) is 1. The van der Waals surface area contributed by atoms with Gasteiger partial charge in [0, 0.05) is 0 Å². The van der Waals surface area contributed by atoms with Crippen molar-refractivity contribution in [3.8, 4) is 0 Å². The third kappa shape index (κ3) is 4.37. The van der Waals surface area contributed by atoms with Crippen LogP contribution in [0.15, 0.2) is 78.5 Å². The van der Waals surface area contributed by atoms with E-state index in [4.69, 9.17) is 4.84 Å². The summed E-state index contributed by atoms with van der Waals surface area (Å²) in [6.07, 6.45) is 0.618. The first-order valence-electron chi connectivity index (χ1n) is 7.30. The van der Waals surface area contributed by atoms with Gasteiger partial charge in [0.25, 0.3) is 0 Å². The van der Waals surface area contributed by atoms with Crippen LogP contribution in [0, 0.1) is 0 Å². The smallest absolute Gasteiger partial charge is 0.365 e. The van der Waals surface area contributed by atoms with Gasteiger partial charge in [0.1, 0.15) is 0 Å². The molecule has 1 N–H and O–H groups in total. The van der Waals surface area contributed by atoms with Gasteiger partial charge < -0.3 is 9.94 Å². The average Bonchev–Trinajstić information content (AvgIpc) is 2.61. The SMILES string of the molecule is C=CC(O)C(C(C)=NOC(=O)c1ccccc1)c1ccccc1. The summed E-state index contributed by atoms with van der Waals surface area (Å²) in [7, 11) is 0. The van der Waals surface area contributed by atoms with Crippen LogP contribution in [0.3, 0.4) is 0 Å². The second kappa shape index (κ2) is 8.06. The lowest BCUT2D eigenvalue weighted by Crippen LogP contribution is -2.23. The molecule has 2 aromatic rings. The molecule has 118 valence electrons. The minimum absolute atomic E-state index is 0.419. The van der Waals surface area contributed by atoms with Crippen molar-refractivity contribution in [1.82, 2.24) is 0 Å². The van der Waals surface area contributed by atoms with Crippen molar-refractivity contribution in [1.29, 1.82) is 0 Å². The molecule has 0 saturated carbocycles. The molecule has 0 radical (unpaired) electrons. The van der Waals surface area contributed by atoms with Gasteiger partial charge in [0.2, 0.25) is 0 Å². The first-order chi connectivity index (χ1) is 11.1. The van der Waals surface area contributed by atoms with Gasteiger partial charge in [-0.15, -0.1) is 6.58 Å². The Hall–Kier alpha value is -2.72. The lowest BCUT2D eigenvalue weighted by Gasteiger charge is -2.20. The van der Waals surface area contributed by atoms with Crippen molar-refractivity contribution in [3.63, 3.8) is 0 Å². The Labute approximate surface area is 135 Å². The summed E-state index contributed by atoms with van der Waals surface area (Å²) in [6.45, 7) is 5.33. The largest absolute Gasteiger partial charge is 0.388 e. The van der Waals surface area contributed by atoms with Crippen LogP contribution in [-0.2, 0) is 4.84 Å². The summed E-state index contributed by atoms with van der Waals surface area (Å²) in [5, 5.41) is 14.1. The Balaban J connectivity index is 2.18. The van der Waals surface area contributed by atoms with E-state index >= 15 is 0 Å². The van der Waals surface area contributed by atoms with Crippen LogP contribution >= 0.6 is 0 Å². The predicted octanol–water partition coefficient (Wildman–Crippen LogP) is 3.55. The lowest BCUT2D eigenvalue weighted by atomic mass is 9.89. The van der Waals surface area contributed by atoms with Gasteiger partial charge >= 0.3 is 5.97 Å². The molecule has 0 bridgehead atoms. The molecule has 0 spiro atoms. The third-order valence-electron chi connectivity index (χ3n) is 3.47. The van der Waals surface area contributed by atoms with Crippen molar-refractivity contribution >= 4 is 11.7 Å². The van der Waals surface area contributed by atoms with Crippen molar-refractivity contribution < 1.29 is 14.7 Å². The maximum Gasteiger partial charge on any atom is 0.365 e. The van der Waals surface area contributed by atoms with E-state index in [-0.39, 0.29) is 0 Å². The van der Waals surface area contributed by atoms with E-state index in [1.807, 2.05) is 36.4 Å². The molecule has 0 fully saturated rings. The van der Waals surface area contributed by atoms with Gasteiger partial charge in [-0.05, 0) is 24.6 Å². The molecule has 23 heavy (non-hydrogen) atoms. The summed E-state index contributed by atoms with van der Waals surface area (Å²) in [5.41, 5.74) is 1.79. The fourth-order valence-corrected chi connectivity index (χ4v) is 2.28. The topological polar surface area (TPSA) is 58.9 Å². The van der Waals surface area contributed by atoms with E-state index in [1.54, 1.807) is 31.2 Å². The fraction of sp³-hybridized carbons (Fsp3) is 0.158. The van der Waals surface area contributed by atoms with Gasteiger partial charge in [0.05, 0.1) is 23.3 Å². The number of carbonyl (C=O) groups excluding carboxylic acids is 1. The third-order valence-corrected chi connectivity index (χ3v) is 3.47. The van der Waals surface area contributed by atoms with Crippen LogP contribution in [0.1, 0.15) is 28.8 Å². The quantitative estimate of drug-likeness (QED) is 0.384. The normalized spacial score (nSPS) is 13.9. The zero-order valence-corrected chi connectivity index (χ0v) is 12.9. The van der Waals surface area contributed by atoms with Crippen molar-refractivity contribution in [2.45, 2.75) is 18.9 Å². The highest BCUT2D eigenvalue weighted by atomic mass is 16.7. The van der Waals surface area contributed by atoms with Gasteiger partial charge in [-0.25, -0.2) is 4.79 Å². The molecule has 4 heteroatoms. The second-order valence-electron chi connectivity index (χ2n) is 5.09. The number of nitrogens with zero attached hydrogens (tertiary/aromatic N) is 1. The fourth-order valence-electron chi connectivity index (χ4n) is 2.28. The molecule has 2 unspecified atom stereocenters. The maximum atomic E-state index is 11.9. The Kier molecular flexibility index (Phi) is 5.83. The summed E-state index contributed by atoms with van der Waals surface area (Å²) in [5.74, 6) is -0.956. The van der Waals surface area contributed by atoms with E-state index in [9.17, 15) is 9.90 Å². The number of carbonyl (C=O) groups is 1. The van der Waals surface area contributed by atoms with E-state index in [2.05, 4.69) is 11.7 Å². The molecule has 4 nitrogen and oxygen atoms in total. The van der Waals surface area contributed by atoms with Crippen LogP contribution in [0.5, 0.6) is 0 Å². The number of benzene rings is 2. The summed E-state index contributed by atoms with van der Waals surface area (Å²) in [4.78, 5) is 16.9. The molecule has 0 aromatic heterocycles. The molecule has 2 atom stereocenters. The maximum absolute atomic E-state index is 11.9. The molecular formula is C19H19NO3. The molecule has 0 saturated heterocycles. The van der Waals surface area contributed by atoms with Gasteiger partial charge in [0.15, 0.2) is 0 Å². The van der Waals surface area contributed by atoms with Crippen LogP contribution in [-0.4, -0.2) is 22.9 Å². The van der Waals surface area contributed by atoms with Crippen molar-refractivity contribution in [2.75, 3.05) is 0 Å². The first-order valence-corrected chi connectivity index (χ1v) is 7.30. The number of aliphatic hydroxyl groups is 1. The Morgan fingerprint density at radius 2 is 1.70 bits per heavy atom. The Bertz CT molecular complexity index is 680. The van der Waals surface area contributed by atoms with Gasteiger partial charge in [-0.3, -0.25) is 0 Å². The van der Waals surface area contributed by atoms with E-state index < -0.39 is 18.0 Å². The summed E-state index contributed by atoms with van der Waals surface area (Å²) in [6, 6.07) is 18.0. The van der Waals surface area contributed by atoms with Crippen LogP contribution in [0.2, 0.25) is 0 Å². The number of rotatable bonds is 6. The predicted molar refractivity (Wildman–Crippen MR) is 90.4 cm³/mol. The standard InChI is InChI=1S/C19H19NO3/c1-3-17(21)18(15-10-6-4-7-11-15)14(2)20-23-19(22)16-12-8-5-9-13-16/h3-13,17-18,21H,1H2,2H3. The Morgan fingerprint density at radius 1 is 1.13 bits per heavy atom. The highest BCUT2D eigenvalue weighted by Crippen LogP contribution is 2.22. The summed E-state index contributed by atoms with van der Waals surface area (Å²) < 4.78 is 0. The van der Waals surface area contributed by atoms with Crippen LogP contribution in [0.25, 0.3) is 0 Å². The minimum Gasteiger partial charge on any atom is -0.388 e. The zero-order chi connectivity index (χ0) is 16.7. The second-order valence-corrected chi connectivity index (χ2v) is 5.09. The summed E-state index contributed by atoms with van der Waals surface area (Å²) >= 11 is 0. The molecule has 0 aliphatic heterocycles. The molecule has 0 aliphatic rings. The molecule has 0 aliphatic carbocycles. The Morgan fingerprint density at radius 3 is 2.26 bits per heavy atom. The van der Waals surface area contributed by atoms with Crippen LogP contribution < -0.4 is 0 Å². The molecule has 0 amide bonds. The molecule has 0 heterocycles. The van der Waals surface area contributed by atoms with E-state index in [0.29, 0.717) is 11.3 Å². The molecular weight excluding hydrogens is 290 g/mol. The first kappa shape index (κ1) is 16.6. The zero-order valence-electron chi connectivity index (χ0n) is 12.9. The van der Waals surface area contributed by atoms with Crippen molar-refractivity contribution in [2.24, 2.45) is 5.16 Å². The van der Waals surface area contributed by atoms with E-state index in [1.165, 1.54) is 6.08 Å². The molecule has 2 aromatic carbocycles. The highest BCUT2D eigenvalue weighted by molar-refractivity contribution is 5.92. The average molecular weight is 309 g/mol. The highest BCUT2D eigenvalue weighted by Gasteiger charge is 2.22. The monoisotopic (exact) mass is 309 g/mol. The van der Waals surface area contributed by atoms with Crippen molar-refractivity contribution in [3.05, 3.63) is 84.4 Å². The number of oxime groups is 1. The lowest BCUT2D eigenvalue weighted by molar-refractivity contribution is 0.0512. The van der Waals surface area contributed by atoms with Crippen LogP contribution in [0.4, 0.5) is 0 Å². The number of hydrogen-bond acceptors (Lipinski definition) is 4. The molecule has 2 rings (SSSR count). The minimum atomic E-state index is -0.823.